The lowest BCUT2D eigenvalue weighted by Gasteiger charge is -2.26. The van der Waals surface area contributed by atoms with Gasteiger partial charge in [-0.05, 0) is 32.0 Å². The fraction of sp³-hybridized carbons (Fsp3) is 0.588. The maximum absolute atomic E-state index is 12.9. The lowest BCUT2D eigenvalue weighted by molar-refractivity contribution is -0.119. The number of nitrogens with two attached hydrogens (primary N) is 1. The van der Waals surface area contributed by atoms with Crippen LogP contribution in [0.3, 0.4) is 0 Å². The minimum absolute atomic E-state index is 0. The van der Waals surface area contributed by atoms with Gasteiger partial charge in [-0.25, -0.2) is 8.42 Å². The molecule has 1 aliphatic rings. The summed E-state index contributed by atoms with van der Waals surface area (Å²) in [5.74, 6) is -0.649. The molecule has 1 aliphatic heterocycles. The molecule has 1 amide bonds. The van der Waals surface area contributed by atoms with E-state index in [0.717, 1.165) is 0 Å². The molecule has 27 heavy (non-hydrogen) atoms. The average Bonchev–Trinajstić information content (AvgIpc) is 2.63. The molecule has 10 heteroatoms. The molecule has 1 aromatic rings. The topological polar surface area (TPSA) is 114 Å². The van der Waals surface area contributed by atoms with Gasteiger partial charge in [0.1, 0.15) is 0 Å². The van der Waals surface area contributed by atoms with Crippen molar-refractivity contribution in [1.82, 2.24) is 4.31 Å². The molecule has 4 N–H and O–H groups in total. The van der Waals surface area contributed by atoms with E-state index in [4.69, 9.17) is 10.5 Å². The molecule has 2 rings (SSSR count). The molecule has 2 atom stereocenters. The molecule has 8 nitrogen and oxygen atoms in total. The minimum Gasteiger partial charge on any atom is -0.384 e. The van der Waals surface area contributed by atoms with Gasteiger partial charge in [-0.15, -0.1) is 12.4 Å². The summed E-state index contributed by atoms with van der Waals surface area (Å²) in [6.07, 6.45) is 0. The third kappa shape index (κ3) is 5.79. The van der Waals surface area contributed by atoms with E-state index < -0.39 is 15.9 Å². The number of amides is 1. The van der Waals surface area contributed by atoms with Crippen molar-refractivity contribution in [3.8, 4) is 0 Å². The zero-order valence-corrected chi connectivity index (χ0v) is 17.5. The van der Waals surface area contributed by atoms with Crippen molar-refractivity contribution in [2.45, 2.75) is 31.7 Å². The molecule has 0 spiro atoms. The number of anilines is 2. The van der Waals surface area contributed by atoms with E-state index in [2.05, 4.69) is 10.6 Å². The number of hydrogen-bond donors (Lipinski definition) is 3. The second-order valence-corrected chi connectivity index (χ2v) is 8.33. The normalized spacial score (nSPS) is 17.5. The highest BCUT2D eigenvalue weighted by Crippen LogP contribution is 2.28. The van der Waals surface area contributed by atoms with Gasteiger partial charge >= 0.3 is 0 Å². The number of sulfonamides is 1. The van der Waals surface area contributed by atoms with E-state index in [1.165, 1.54) is 10.4 Å². The largest absolute Gasteiger partial charge is 0.384 e. The molecule has 0 saturated carbocycles. The van der Waals surface area contributed by atoms with E-state index >= 15 is 0 Å². The quantitative estimate of drug-likeness (QED) is 0.615. The van der Waals surface area contributed by atoms with E-state index in [-0.39, 0.29) is 29.3 Å². The fourth-order valence-corrected chi connectivity index (χ4v) is 3.99. The van der Waals surface area contributed by atoms with Crippen LogP contribution in [0.5, 0.6) is 0 Å². The number of morpholine rings is 1. The van der Waals surface area contributed by atoms with Crippen LogP contribution >= 0.6 is 12.4 Å². The lowest BCUT2D eigenvalue weighted by atomic mass is 10.0. The Hall–Kier alpha value is -1.39. The summed E-state index contributed by atoms with van der Waals surface area (Å²) >= 11 is 0. The van der Waals surface area contributed by atoms with Gasteiger partial charge in [0.05, 0.1) is 35.4 Å². The standard InChI is InChI=1S/C17H28N4O4S.ClH/c1-4-19-15-6-5-14(26(23,24)21-7-9-25-10-8-21)11-16(15)20-17(22)12(2)13(3)18;/h5-6,11-13,19H,4,7-10,18H2,1-3H3,(H,20,22);1H. The predicted molar refractivity (Wildman–Crippen MR) is 109 cm³/mol. The van der Waals surface area contributed by atoms with Gasteiger partial charge in [0.15, 0.2) is 0 Å². The highest BCUT2D eigenvalue weighted by molar-refractivity contribution is 7.89. The maximum atomic E-state index is 12.9. The van der Waals surface area contributed by atoms with Crippen molar-refractivity contribution in [2.24, 2.45) is 11.7 Å². The third-order valence-corrected chi connectivity index (χ3v) is 6.32. The van der Waals surface area contributed by atoms with Crippen molar-refractivity contribution in [1.29, 1.82) is 0 Å². The smallest absolute Gasteiger partial charge is 0.243 e. The van der Waals surface area contributed by atoms with Gasteiger partial charge < -0.3 is 21.1 Å². The average molecular weight is 421 g/mol. The molecule has 0 aromatic heterocycles. The number of carbonyl (C=O) groups excluding carboxylic acids is 1. The van der Waals surface area contributed by atoms with Gasteiger partial charge in [0, 0.05) is 25.7 Å². The summed E-state index contributed by atoms with van der Waals surface area (Å²) in [7, 11) is -3.64. The molecular formula is C17H29ClN4O4S. The Kier molecular flexibility index (Phi) is 8.97. The van der Waals surface area contributed by atoms with Crippen molar-refractivity contribution in [2.75, 3.05) is 43.5 Å². The van der Waals surface area contributed by atoms with Crippen molar-refractivity contribution in [3.63, 3.8) is 0 Å². The van der Waals surface area contributed by atoms with Crippen LogP contribution in [0.15, 0.2) is 23.1 Å². The van der Waals surface area contributed by atoms with Crippen molar-refractivity contribution < 1.29 is 17.9 Å². The first-order chi connectivity index (χ1) is 12.3. The Morgan fingerprint density at radius 1 is 1.26 bits per heavy atom. The van der Waals surface area contributed by atoms with Crippen LogP contribution in [0.2, 0.25) is 0 Å². The van der Waals surface area contributed by atoms with Gasteiger partial charge in [-0.1, -0.05) is 6.92 Å². The van der Waals surface area contributed by atoms with E-state index in [1.54, 1.807) is 26.0 Å². The molecule has 1 saturated heterocycles. The predicted octanol–water partition coefficient (Wildman–Crippen LogP) is 1.48. The summed E-state index contributed by atoms with van der Waals surface area (Å²) in [5, 5.41) is 5.94. The third-order valence-electron chi connectivity index (χ3n) is 4.43. The Labute approximate surface area is 167 Å². The Morgan fingerprint density at radius 2 is 1.89 bits per heavy atom. The first-order valence-corrected chi connectivity index (χ1v) is 10.2. The Morgan fingerprint density at radius 3 is 2.44 bits per heavy atom. The number of ether oxygens (including phenoxy) is 1. The second kappa shape index (κ2) is 10.2. The van der Waals surface area contributed by atoms with Gasteiger partial charge in [-0.3, -0.25) is 4.79 Å². The van der Waals surface area contributed by atoms with Gasteiger partial charge in [-0.2, -0.15) is 4.31 Å². The highest BCUT2D eigenvalue weighted by atomic mass is 35.5. The monoisotopic (exact) mass is 420 g/mol. The molecule has 1 aromatic carbocycles. The van der Waals surface area contributed by atoms with Crippen LogP contribution in [0, 0.1) is 5.92 Å². The first-order valence-electron chi connectivity index (χ1n) is 8.79. The summed E-state index contributed by atoms with van der Waals surface area (Å²) in [5.41, 5.74) is 6.89. The second-order valence-electron chi connectivity index (χ2n) is 6.39. The number of carbonyl (C=O) groups is 1. The SMILES string of the molecule is CCNc1ccc(S(=O)(=O)N2CCOCC2)cc1NC(=O)C(C)C(C)N.Cl. The molecule has 0 bridgehead atoms. The highest BCUT2D eigenvalue weighted by Gasteiger charge is 2.27. The zero-order chi connectivity index (χ0) is 19.3. The summed E-state index contributed by atoms with van der Waals surface area (Å²) in [6.45, 7) is 7.46. The summed E-state index contributed by atoms with van der Waals surface area (Å²) in [4.78, 5) is 12.5. The first kappa shape index (κ1) is 23.6. The maximum Gasteiger partial charge on any atom is 0.243 e. The number of hydrogen-bond acceptors (Lipinski definition) is 6. The molecule has 1 heterocycles. The Bertz CT molecular complexity index is 736. The zero-order valence-electron chi connectivity index (χ0n) is 15.9. The number of nitrogens with one attached hydrogen (secondary N) is 2. The number of benzene rings is 1. The number of rotatable bonds is 7. The van der Waals surface area contributed by atoms with Crippen LogP contribution in [-0.4, -0.2) is 57.5 Å². The number of halogens is 1. The van der Waals surface area contributed by atoms with Crippen LogP contribution in [0.25, 0.3) is 0 Å². The molecule has 154 valence electrons. The van der Waals surface area contributed by atoms with Crippen molar-refractivity contribution >= 4 is 39.7 Å². The summed E-state index contributed by atoms with van der Waals surface area (Å²) in [6, 6.07) is 4.41. The Balaban J connectivity index is 0.00000364. The van der Waals surface area contributed by atoms with E-state index in [1.807, 2.05) is 6.92 Å². The summed E-state index contributed by atoms with van der Waals surface area (Å²) < 4.78 is 32.3. The van der Waals surface area contributed by atoms with Crippen LogP contribution < -0.4 is 16.4 Å². The molecule has 1 fully saturated rings. The van der Waals surface area contributed by atoms with E-state index in [9.17, 15) is 13.2 Å². The molecule has 0 radical (unpaired) electrons. The minimum atomic E-state index is -3.64. The van der Waals surface area contributed by atoms with Crippen LogP contribution in [-0.2, 0) is 19.6 Å². The van der Waals surface area contributed by atoms with Crippen molar-refractivity contribution in [3.05, 3.63) is 18.2 Å². The number of nitrogens with zero attached hydrogens (tertiary/aromatic N) is 1. The van der Waals surface area contributed by atoms with Crippen LogP contribution in [0.1, 0.15) is 20.8 Å². The van der Waals surface area contributed by atoms with Crippen LogP contribution in [0.4, 0.5) is 11.4 Å². The van der Waals surface area contributed by atoms with Gasteiger partial charge in [0.25, 0.3) is 0 Å². The molecular weight excluding hydrogens is 392 g/mol. The molecule has 0 aliphatic carbocycles. The fourth-order valence-electron chi connectivity index (χ4n) is 2.55. The van der Waals surface area contributed by atoms with Gasteiger partial charge in [0.2, 0.25) is 15.9 Å². The lowest BCUT2D eigenvalue weighted by Crippen LogP contribution is -2.40. The molecule has 2 unspecified atom stereocenters. The van der Waals surface area contributed by atoms with E-state index in [0.29, 0.717) is 44.2 Å².